The molecule has 0 unspecified atom stereocenters. The van der Waals surface area contributed by atoms with Gasteiger partial charge in [0.1, 0.15) is 0 Å². The van der Waals surface area contributed by atoms with Crippen molar-refractivity contribution in [1.29, 1.82) is 0 Å². The van der Waals surface area contributed by atoms with E-state index in [1.807, 2.05) is 61.6 Å². The van der Waals surface area contributed by atoms with E-state index < -0.39 is 0 Å². The minimum atomic E-state index is 0.0647. The van der Waals surface area contributed by atoms with Crippen LogP contribution in [0.15, 0.2) is 54.6 Å². The summed E-state index contributed by atoms with van der Waals surface area (Å²) in [6.07, 6.45) is 0. The summed E-state index contributed by atoms with van der Waals surface area (Å²) in [6, 6.07) is 17.5. The molecule has 0 fully saturated rings. The first-order valence-corrected chi connectivity index (χ1v) is 5.94. The largest absolute Gasteiger partial charge is 0.356 e. The standard InChI is InChI=1S/C15H14N2O/c1-16-11-17(12-7-3-2-4-8-12)15(18)13-9-5-6-10-14(13)16/h2-10H,11H2,1H3. The van der Waals surface area contributed by atoms with Gasteiger partial charge in [-0.3, -0.25) is 9.69 Å². The Labute approximate surface area is 106 Å². The molecule has 18 heavy (non-hydrogen) atoms. The van der Waals surface area contributed by atoms with E-state index in [4.69, 9.17) is 0 Å². The van der Waals surface area contributed by atoms with Crippen molar-refractivity contribution < 1.29 is 4.79 Å². The molecule has 1 aliphatic heterocycles. The van der Waals surface area contributed by atoms with Gasteiger partial charge in [-0.05, 0) is 24.3 Å². The van der Waals surface area contributed by atoms with Crippen molar-refractivity contribution in [3.63, 3.8) is 0 Å². The number of benzene rings is 2. The van der Waals surface area contributed by atoms with Gasteiger partial charge in [-0.2, -0.15) is 0 Å². The number of amides is 1. The maximum Gasteiger partial charge on any atom is 0.261 e. The van der Waals surface area contributed by atoms with Gasteiger partial charge in [0.25, 0.3) is 5.91 Å². The fraction of sp³-hybridized carbons (Fsp3) is 0.133. The van der Waals surface area contributed by atoms with Crippen molar-refractivity contribution >= 4 is 17.3 Å². The van der Waals surface area contributed by atoms with Gasteiger partial charge in [-0.25, -0.2) is 0 Å². The predicted octanol–water partition coefficient (Wildman–Crippen LogP) is 2.74. The average Bonchev–Trinajstić information content (AvgIpc) is 2.44. The molecule has 0 spiro atoms. The molecular formula is C15H14N2O. The molecule has 3 heteroatoms. The monoisotopic (exact) mass is 238 g/mol. The van der Waals surface area contributed by atoms with E-state index in [1.54, 1.807) is 4.90 Å². The molecule has 0 radical (unpaired) electrons. The van der Waals surface area contributed by atoms with Crippen LogP contribution in [-0.4, -0.2) is 19.6 Å². The van der Waals surface area contributed by atoms with Crippen LogP contribution in [0.25, 0.3) is 0 Å². The maximum absolute atomic E-state index is 12.5. The third kappa shape index (κ3) is 1.64. The zero-order chi connectivity index (χ0) is 12.5. The van der Waals surface area contributed by atoms with Gasteiger partial charge >= 0.3 is 0 Å². The highest BCUT2D eigenvalue weighted by molar-refractivity contribution is 6.11. The smallest absolute Gasteiger partial charge is 0.261 e. The van der Waals surface area contributed by atoms with Gasteiger partial charge in [0, 0.05) is 12.7 Å². The Kier molecular flexibility index (Phi) is 2.52. The number of fused-ring (bicyclic) bond motifs is 1. The summed E-state index contributed by atoms with van der Waals surface area (Å²) in [5, 5.41) is 0. The Morgan fingerprint density at radius 2 is 1.61 bits per heavy atom. The number of hydrogen-bond donors (Lipinski definition) is 0. The van der Waals surface area contributed by atoms with Crippen LogP contribution in [0.5, 0.6) is 0 Å². The number of anilines is 2. The molecule has 2 aromatic carbocycles. The van der Waals surface area contributed by atoms with Gasteiger partial charge in [-0.1, -0.05) is 30.3 Å². The van der Waals surface area contributed by atoms with E-state index in [9.17, 15) is 4.79 Å². The van der Waals surface area contributed by atoms with Crippen molar-refractivity contribution in [3.8, 4) is 0 Å². The van der Waals surface area contributed by atoms with Crippen LogP contribution in [0.2, 0.25) is 0 Å². The third-order valence-electron chi connectivity index (χ3n) is 3.21. The Balaban J connectivity index is 2.05. The number of para-hydroxylation sites is 2. The summed E-state index contributed by atoms with van der Waals surface area (Å²) in [7, 11) is 2.00. The average molecular weight is 238 g/mol. The lowest BCUT2D eigenvalue weighted by Crippen LogP contribution is -2.45. The predicted molar refractivity (Wildman–Crippen MR) is 73.0 cm³/mol. The van der Waals surface area contributed by atoms with Crippen molar-refractivity contribution in [2.75, 3.05) is 23.5 Å². The minimum Gasteiger partial charge on any atom is -0.356 e. The zero-order valence-corrected chi connectivity index (χ0v) is 10.2. The van der Waals surface area contributed by atoms with Crippen LogP contribution in [0.1, 0.15) is 10.4 Å². The van der Waals surface area contributed by atoms with Gasteiger partial charge in [0.15, 0.2) is 0 Å². The second-order valence-corrected chi connectivity index (χ2v) is 4.43. The minimum absolute atomic E-state index is 0.0647. The fourth-order valence-electron chi connectivity index (χ4n) is 2.29. The van der Waals surface area contributed by atoms with Gasteiger partial charge in [0.2, 0.25) is 0 Å². The summed E-state index contributed by atoms with van der Waals surface area (Å²) in [5.74, 6) is 0.0647. The quantitative estimate of drug-likeness (QED) is 0.762. The molecule has 1 heterocycles. The van der Waals surface area contributed by atoms with Crippen LogP contribution in [0, 0.1) is 0 Å². The first-order chi connectivity index (χ1) is 8.77. The summed E-state index contributed by atoms with van der Waals surface area (Å²) in [6.45, 7) is 0.583. The number of carbonyl (C=O) groups excluding carboxylic acids is 1. The van der Waals surface area contributed by atoms with Crippen LogP contribution in [-0.2, 0) is 0 Å². The summed E-state index contributed by atoms with van der Waals surface area (Å²) in [5.41, 5.74) is 2.69. The highest BCUT2D eigenvalue weighted by atomic mass is 16.2. The second-order valence-electron chi connectivity index (χ2n) is 4.43. The Bertz CT molecular complexity index is 580. The molecule has 1 aliphatic rings. The summed E-state index contributed by atoms with van der Waals surface area (Å²) in [4.78, 5) is 16.3. The van der Waals surface area contributed by atoms with Crippen molar-refractivity contribution in [2.45, 2.75) is 0 Å². The second kappa shape index (κ2) is 4.18. The molecular weight excluding hydrogens is 224 g/mol. The summed E-state index contributed by atoms with van der Waals surface area (Å²) < 4.78 is 0. The Hall–Kier alpha value is -2.29. The van der Waals surface area contributed by atoms with Crippen LogP contribution in [0.3, 0.4) is 0 Å². The van der Waals surface area contributed by atoms with E-state index in [-0.39, 0.29) is 5.91 Å². The molecule has 3 rings (SSSR count). The summed E-state index contributed by atoms with van der Waals surface area (Å²) >= 11 is 0. The molecule has 0 saturated carbocycles. The normalized spacial score (nSPS) is 14.6. The van der Waals surface area contributed by atoms with E-state index in [2.05, 4.69) is 4.90 Å². The molecule has 90 valence electrons. The van der Waals surface area contributed by atoms with Gasteiger partial charge in [0.05, 0.1) is 17.9 Å². The molecule has 0 atom stereocenters. The van der Waals surface area contributed by atoms with E-state index in [0.29, 0.717) is 6.67 Å². The molecule has 1 amide bonds. The van der Waals surface area contributed by atoms with Crippen molar-refractivity contribution in [3.05, 3.63) is 60.2 Å². The highest BCUT2D eigenvalue weighted by Crippen LogP contribution is 2.28. The number of rotatable bonds is 1. The van der Waals surface area contributed by atoms with E-state index in [1.165, 1.54) is 0 Å². The maximum atomic E-state index is 12.5. The topological polar surface area (TPSA) is 23.6 Å². The van der Waals surface area contributed by atoms with Crippen LogP contribution >= 0.6 is 0 Å². The first kappa shape index (κ1) is 10.8. The van der Waals surface area contributed by atoms with Crippen molar-refractivity contribution in [1.82, 2.24) is 0 Å². The number of hydrogen-bond acceptors (Lipinski definition) is 2. The molecule has 0 N–H and O–H groups in total. The van der Waals surface area contributed by atoms with Gasteiger partial charge in [-0.15, -0.1) is 0 Å². The lowest BCUT2D eigenvalue weighted by molar-refractivity contribution is 0.0983. The third-order valence-corrected chi connectivity index (χ3v) is 3.21. The van der Waals surface area contributed by atoms with E-state index in [0.717, 1.165) is 16.9 Å². The Morgan fingerprint density at radius 1 is 0.944 bits per heavy atom. The number of nitrogens with zero attached hydrogens (tertiary/aromatic N) is 2. The number of carbonyl (C=O) groups is 1. The van der Waals surface area contributed by atoms with Crippen LogP contribution in [0.4, 0.5) is 11.4 Å². The molecule has 0 bridgehead atoms. The highest BCUT2D eigenvalue weighted by Gasteiger charge is 2.27. The van der Waals surface area contributed by atoms with E-state index >= 15 is 0 Å². The lowest BCUT2D eigenvalue weighted by Gasteiger charge is -2.35. The molecule has 0 saturated heterocycles. The molecule has 0 aromatic heterocycles. The molecule has 2 aromatic rings. The first-order valence-electron chi connectivity index (χ1n) is 5.94. The van der Waals surface area contributed by atoms with Crippen LogP contribution < -0.4 is 9.80 Å². The molecule has 3 nitrogen and oxygen atoms in total. The van der Waals surface area contributed by atoms with Crippen molar-refractivity contribution in [2.24, 2.45) is 0 Å². The lowest BCUT2D eigenvalue weighted by atomic mass is 10.1. The van der Waals surface area contributed by atoms with Gasteiger partial charge < -0.3 is 4.90 Å². The molecule has 0 aliphatic carbocycles. The fourth-order valence-corrected chi connectivity index (χ4v) is 2.29. The SMILES string of the molecule is CN1CN(c2ccccc2)C(=O)c2ccccc21. The Morgan fingerprint density at radius 3 is 2.39 bits per heavy atom. The zero-order valence-electron chi connectivity index (χ0n) is 10.2.